The number of aromatic nitrogens is 3. The Kier molecular flexibility index (Phi) is 4.41. The van der Waals surface area contributed by atoms with Gasteiger partial charge in [0, 0.05) is 24.2 Å². The molecule has 0 N–H and O–H groups in total. The largest absolute Gasteiger partial charge is 0.356 e. The number of amides is 1. The van der Waals surface area contributed by atoms with Gasteiger partial charge < -0.3 is 9.42 Å². The molecule has 1 saturated carbocycles. The monoisotopic (exact) mass is 378 g/mol. The van der Waals surface area contributed by atoms with Crippen LogP contribution in [0.5, 0.6) is 0 Å². The van der Waals surface area contributed by atoms with Crippen molar-refractivity contribution in [3.63, 3.8) is 0 Å². The highest BCUT2D eigenvalue weighted by molar-refractivity contribution is 5.86. The molecule has 28 heavy (non-hydrogen) atoms. The molecule has 1 amide bonds. The first-order chi connectivity index (χ1) is 13.7. The van der Waals surface area contributed by atoms with E-state index in [1.807, 2.05) is 36.0 Å². The summed E-state index contributed by atoms with van der Waals surface area (Å²) < 4.78 is 7.41. The Morgan fingerprint density at radius 3 is 2.86 bits per heavy atom. The molecule has 0 saturated heterocycles. The molecule has 5 rings (SSSR count). The van der Waals surface area contributed by atoms with Gasteiger partial charge in [0.2, 0.25) is 5.91 Å². The third kappa shape index (κ3) is 3.01. The van der Waals surface area contributed by atoms with Crippen molar-refractivity contribution in [3.05, 3.63) is 46.9 Å². The number of aryl methyl sites for hydroxylation is 1. The van der Waals surface area contributed by atoms with Gasteiger partial charge in [-0.05, 0) is 49.8 Å². The number of hydrogen-bond acceptors (Lipinski definition) is 4. The molecule has 2 aliphatic rings. The van der Waals surface area contributed by atoms with Gasteiger partial charge in [0.05, 0.1) is 18.7 Å². The third-order valence-corrected chi connectivity index (χ3v) is 6.38. The highest BCUT2D eigenvalue weighted by atomic mass is 16.5. The first kappa shape index (κ1) is 17.5. The summed E-state index contributed by atoms with van der Waals surface area (Å²) in [5.74, 6) is 0.128. The standard InChI is InChI=1S/C22H26N4O2/c1-25-20-11-6-10-16(20)19(23-25)14-26(15-7-2-3-8-15)22(27)13-18-17-9-4-5-12-21(17)28-24-18/h4-5,9,12,15H,2-3,6-8,10-11,13-14H2,1H3. The van der Waals surface area contributed by atoms with Crippen molar-refractivity contribution in [2.45, 2.75) is 64.0 Å². The van der Waals surface area contributed by atoms with Gasteiger partial charge in [-0.2, -0.15) is 5.10 Å². The number of nitrogens with zero attached hydrogens (tertiary/aromatic N) is 4. The normalized spacial score (nSPS) is 16.8. The summed E-state index contributed by atoms with van der Waals surface area (Å²) in [6, 6.07) is 8.05. The van der Waals surface area contributed by atoms with Crippen molar-refractivity contribution >= 4 is 16.9 Å². The quantitative estimate of drug-likeness (QED) is 0.681. The van der Waals surface area contributed by atoms with Crippen LogP contribution in [0.4, 0.5) is 0 Å². The van der Waals surface area contributed by atoms with E-state index >= 15 is 0 Å². The Labute approximate surface area is 164 Å². The highest BCUT2D eigenvalue weighted by Crippen LogP contribution is 2.30. The SMILES string of the molecule is Cn1nc(CN(C(=O)Cc2noc3ccccc23)C2CCCC2)c2c1CCC2. The minimum Gasteiger partial charge on any atom is -0.356 e. The molecule has 6 nitrogen and oxygen atoms in total. The molecule has 0 spiro atoms. The maximum absolute atomic E-state index is 13.4. The molecule has 0 atom stereocenters. The van der Waals surface area contributed by atoms with E-state index in [9.17, 15) is 4.79 Å². The van der Waals surface area contributed by atoms with E-state index in [1.54, 1.807) is 0 Å². The second kappa shape index (κ2) is 7.08. The summed E-state index contributed by atoms with van der Waals surface area (Å²) in [6.45, 7) is 0.614. The number of para-hydroxylation sites is 1. The summed E-state index contributed by atoms with van der Waals surface area (Å²) in [7, 11) is 2.02. The van der Waals surface area contributed by atoms with E-state index in [-0.39, 0.29) is 12.3 Å². The van der Waals surface area contributed by atoms with E-state index in [1.165, 1.54) is 30.5 Å². The van der Waals surface area contributed by atoms with Crippen molar-refractivity contribution in [2.75, 3.05) is 0 Å². The molecule has 146 valence electrons. The lowest BCUT2D eigenvalue weighted by molar-refractivity contribution is -0.133. The Morgan fingerprint density at radius 1 is 1.18 bits per heavy atom. The molecule has 3 aromatic rings. The molecule has 0 unspecified atom stereocenters. The van der Waals surface area contributed by atoms with Gasteiger partial charge >= 0.3 is 0 Å². The second-order valence-corrected chi connectivity index (χ2v) is 8.11. The lowest BCUT2D eigenvalue weighted by Gasteiger charge is -2.28. The molecule has 0 aliphatic heterocycles. The fraction of sp³-hybridized carbons (Fsp3) is 0.500. The van der Waals surface area contributed by atoms with Crippen molar-refractivity contribution in [3.8, 4) is 0 Å². The zero-order valence-electron chi connectivity index (χ0n) is 16.4. The lowest BCUT2D eigenvalue weighted by atomic mass is 10.1. The van der Waals surface area contributed by atoms with E-state index in [0.29, 0.717) is 12.6 Å². The van der Waals surface area contributed by atoms with E-state index < -0.39 is 0 Å². The molecule has 2 aromatic heterocycles. The number of carbonyl (C=O) groups excluding carboxylic acids is 1. The smallest absolute Gasteiger partial charge is 0.229 e. The first-order valence-electron chi connectivity index (χ1n) is 10.4. The van der Waals surface area contributed by atoms with Gasteiger partial charge in [-0.3, -0.25) is 9.48 Å². The molecule has 2 heterocycles. The van der Waals surface area contributed by atoms with Crippen molar-refractivity contribution in [1.82, 2.24) is 19.8 Å². The zero-order valence-corrected chi connectivity index (χ0v) is 16.4. The molecular weight excluding hydrogens is 352 g/mol. The molecule has 0 radical (unpaired) electrons. The van der Waals surface area contributed by atoms with Crippen molar-refractivity contribution in [2.24, 2.45) is 7.05 Å². The summed E-state index contributed by atoms with van der Waals surface area (Å²) in [6.07, 6.45) is 8.21. The van der Waals surface area contributed by atoms with Gasteiger partial charge in [0.1, 0.15) is 5.69 Å². The Morgan fingerprint density at radius 2 is 2.00 bits per heavy atom. The average molecular weight is 378 g/mol. The molecule has 0 bridgehead atoms. The second-order valence-electron chi connectivity index (χ2n) is 8.11. The topological polar surface area (TPSA) is 64.2 Å². The number of rotatable bonds is 5. The lowest BCUT2D eigenvalue weighted by Crippen LogP contribution is -2.39. The summed E-state index contributed by atoms with van der Waals surface area (Å²) in [4.78, 5) is 15.4. The van der Waals surface area contributed by atoms with E-state index in [2.05, 4.69) is 10.1 Å². The maximum atomic E-state index is 13.4. The maximum Gasteiger partial charge on any atom is 0.229 e. The van der Waals surface area contributed by atoms with Crippen LogP contribution in [-0.2, 0) is 37.6 Å². The number of carbonyl (C=O) groups is 1. The van der Waals surface area contributed by atoms with Crippen LogP contribution in [0.1, 0.15) is 54.7 Å². The van der Waals surface area contributed by atoms with Crippen LogP contribution in [0.15, 0.2) is 28.8 Å². The minimum atomic E-state index is 0.128. The molecular formula is C22H26N4O2. The predicted molar refractivity (Wildman–Crippen MR) is 106 cm³/mol. The number of fused-ring (bicyclic) bond motifs is 2. The Balaban J connectivity index is 1.42. The molecule has 6 heteroatoms. The third-order valence-electron chi connectivity index (χ3n) is 6.38. The number of benzene rings is 1. The fourth-order valence-corrected chi connectivity index (χ4v) is 4.93. The average Bonchev–Trinajstić information content (AvgIpc) is 3.47. The first-order valence-corrected chi connectivity index (χ1v) is 10.4. The Hall–Kier alpha value is -2.63. The molecule has 1 aromatic carbocycles. The van der Waals surface area contributed by atoms with Crippen LogP contribution >= 0.6 is 0 Å². The molecule has 1 fully saturated rings. The molecule has 2 aliphatic carbocycles. The van der Waals surface area contributed by atoms with Crippen LogP contribution < -0.4 is 0 Å². The van der Waals surface area contributed by atoms with Gasteiger partial charge in [-0.15, -0.1) is 0 Å². The van der Waals surface area contributed by atoms with Crippen LogP contribution in [0.3, 0.4) is 0 Å². The van der Waals surface area contributed by atoms with E-state index in [4.69, 9.17) is 9.62 Å². The van der Waals surface area contributed by atoms with Gasteiger partial charge in [-0.25, -0.2) is 0 Å². The summed E-state index contributed by atoms with van der Waals surface area (Å²) >= 11 is 0. The van der Waals surface area contributed by atoms with Crippen LogP contribution in [-0.4, -0.2) is 31.8 Å². The zero-order chi connectivity index (χ0) is 19.1. The van der Waals surface area contributed by atoms with Crippen molar-refractivity contribution in [1.29, 1.82) is 0 Å². The van der Waals surface area contributed by atoms with Crippen molar-refractivity contribution < 1.29 is 9.32 Å². The van der Waals surface area contributed by atoms with Gasteiger partial charge in [0.15, 0.2) is 5.58 Å². The summed E-state index contributed by atoms with van der Waals surface area (Å²) in [5.41, 5.74) is 5.26. The summed E-state index contributed by atoms with van der Waals surface area (Å²) in [5, 5.41) is 9.86. The van der Waals surface area contributed by atoms with Gasteiger partial charge in [-0.1, -0.05) is 30.1 Å². The van der Waals surface area contributed by atoms with Gasteiger partial charge in [0.25, 0.3) is 0 Å². The van der Waals surface area contributed by atoms with Crippen LogP contribution in [0, 0.1) is 0 Å². The predicted octanol–water partition coefficient (Wildman–Crippen LogP) is 3.56. The highest BCUT2D eigenvalue weighted by Gasteiger charge is 2.30. The van der Waals surface area contributed by atoms with Crippen LogP contribution in [0.2, 0.25) is 0 Å². The Bertz CT molecular complexity index is 1010. The fourth-order valence-electron chi connectivity index (χ4n) is 4.93. The minimum absolute atomic E-state index is 0.128. The van der Waals surface area contributed by atoms with E-state index in [0.717, 1.165) is 48.0 Å². The number of hydrogen-bond donors (Lipinski definition) is 0. The van der Waals surface area contributed by atoms with Crippen LogP contribution in [0.25, 0.3) is 11.0 Å².